The summed E-state index contributed by atoms with van der Waals surface area (Å²) in [5.41, 5.74) is 3.65. The third-order valence-electron chi connectivity index (χ3n) is 7.56. The summed E-state index contributed by atoms with van der Waals surface area (Å²) in [5.74, 6) is 1.84. The van der Waals surface area contributed by atoms with E-state index in [4.69, 9.17) is 19.2 Å². The van der Waals surface area contributed by atoms with Gasteiger partial charge in [0.2, 0.25) is 0 Å². The van der Waals surface area contributed by atoms with Gasteiger partial charge in [0.1, 0.15) is 30.1 Å². The highest BCUT2D eigenvalue weighted by atomic mass is 16.5. The minimum absolute atomic E-state index is 0.0731. The predicted octanol–water partition coefficient (Wildman–Crippen LogP) is 3.08. The van der Waals surface area contributed by atoms with Gasteiger partial charge in [0.25, 0.3) is 0 Å². The molecule has 196 valence electrons. The SMILES string of the molecule is N#Cc1cc(-c2ncnc(Cc3ccc(N4CCN(C5COC5)CC4)cc3)n2)ccc1OC1CCOCC1. The first-order chi connectivity index (χ1) is 18.7. The number of nitriles is 1. The Balaban J connectivity index is 1.10. The maximum absolute atomic E-state index is 9.72. The lowest BCUT2D eigenvalue weighted by Gasteiger charge is -2.43. The molecule has 38 heavy (non-hydrogen) atoms. The third-order valence-corrected chi connectivity index (χ3v) is 7.56. The van der Waals surface area contributed by atoms with Gasteiger partial charge in [-0.3, -0.25) is 4.90 Å². The minimum atomic E-state index is 0.0731. The second-order valence-corrected chi connectivity index (χ2v) is 10.0. The van der Waals surface area contributed by atoms with Crippen LogP contribution in [-0.4, -0.2) is 84.6 Å². The zero-order valence-corrected chi connectivity index (χ0v) is 21.5. The standard InChI is InChI=1S/C29H32N6O3/c30-17-23-16-22(3-6-27(23)38-26-7-13-36-14-8-26)29-32-20-31-28(33-29)15-21-1-4-24(5-2-21)34-9-11-35(12-10-34)25-18-37-19-25/h1-6,16,20,25-26H,7-15,18-19H2. The Bertz CT molecular complexity index is 1280. The second kappa shape index (κ2) is 11.4. The molecule has 0 aliphatic carbocycles. The van der Waals surface area contributed by atoms with E-state index in [2.05, 4.69) is 50.1 Å². The molecule has 0 bridgehead atoms. The van der Waals surface area contributed by atoms with Crippen LogP contribution in [0, 0.1) is 11.3 Å². The van der Waals surface area contributed by atoms with Gasteiger partial charge in [-0.05, 0) is 35.9 Å². The maximum atomic E-state index is 9.72. The van der Waals surface area contributed by atoms with E-state index in [9.17, 15) is 5.26 Å². The molecule has 0 spiro atoms. The molecule has 3 aromatic rings. The van der Waals surface area contributed by atoms with Crippen molar-refractivity contribution in [3.05, 3.63) is 65.7 Å². The Labute approximate surface area is 223 Å². The Hall–Kier alpha value is -3.58. The second-order valence-electron chi connectivity index (χ2n) is 10.0. The molecule has 0 unspecified atom stereocenters. The van der Waals surface area contributed by atoms with Crippen molar-refractivity contribution in [2.24, 2.45) is 0 Å². The highest BCUT2D eigenvalue weighted by Crippen LogP contribution is 2.27. The van der Waals surface area contributed by atoms with Crippen molar-refractivity contribution in [1.82, 2.24) is 19.9 Å². The van der Waals surface area contributed by atoms with Gasteiger partial charge >= 0.3 is 0 Å². The molecule has 3 saturated heterocycles. The molecule has 3 aliphatic heterocycles. The number of hydrogen-bond acceptors (Lipinski definition) is 9. The predicted molar refractivity (Wildman–Crippen MR) is 142 cm³/mol. The van der Waals surface area contributed by atoms with Gasteiger partial charge in [-0.15, -0.1) is 0 Å². The molecule has 9 heteroatoms. The summed E-state index contributed by atoms with van der Waals surface area (Å²) >= 11 is 0. The van der Waals surface area contributed by atoms with E-state index in [0.717, 1.165) is 63.4 Å². The average molecular weight is 513 g/mol. The van der Waals surface area contributed by atoms with Crippen LogP contribution in [0.25, 0.3) is 11.4 Å². The minimum Gasteiger partial charge on any atom is -0.489 e. The molecule has 0 atom stereocenters. The first-order valence-electron chi connectivity index (χ1n) is 13.4. The number of nitrogens with zero attached hydrogens (tertiary/aromatic N) is 6. The molecule has 0 N–H and O–H groups in total. The molecular weight excluding hydrogens is 480 g/mol. The Morgan fingerprint density at radius 2 is 1.74 bits per heavy atom. The van der Waals surface area contributed by atoms with E-state index < -0.39 is 0 Å². The van der Waals surface area contributed by atoms with Crippen LogP contribution in [-0.2, 0) is 15.9 Å². The van der Waals surface area contributed by atoms with Crippen molar-refractivity contribution < 1.29 is 14.2 Å². The fraction of sp³-hybridized carbons (Fsp3) is 0.448. The molecule has 6 rings (SSSR count). The maximum Gasteiger partial charge on any atom is 0.163 e. The van der Waals surface area contributed by atoms with Crippen molar-refractivity contribution in [1.29, 1.82) is 5.26 Å². The highest BCUT2D eigenvalue weighted by molar-refractivity contribution is 5.61. The lowest BCUT2D eigenvalue weighted by atomic mass is 10.1. The van der Waals surface area contributed by atoms with Crippen molar-refractivity contribution in [3.63, 3.8) is 0 Å². The average Bonchev–Trinajstić information content (AvgIpc) is 2.94. The molecule has 2 aromatic carbocycles. The number of ether oxygens (including phenoxy) is 3. The number of rotatable bonds is 7. The first-order valence-corrected chi connectivity index (χ1v) is 13.4. The van der Waals surface area contributed by atoms with E-state index in [0.29, 0.717) is 48.6 Å². The number of anilines is 1. The van der Waals surface area contributed by atoms with Gasteiger partial charge in [-0.1, -0.05) is 12.1 Å². The molecular formula is C29H32N6O3. The summed E-state index contributed by atoms with van der Waals surface area (Å²) in [7, 11) is 0. The van der Waals surface area contributed by atoms with E-state index >= 15 is 0 Å². The van der Waals surface area contributed by atoms with Gasteiger partial charge < -0.3 is 19.1 Å². The zero-order valence-electron chi connectivity index (χ0n) is 21.5. The van der Waals surface area contributed by atoms with Crippen LogP contribution in [0.5, 0.6) is 5.75 Å². The quantitative estimate of drug-likeness (QED) is 0.473. The summed E-state index contributed by atoms with van der Waals surface area (Å²) in [6.07, 6.45) is 3.89. The van der Waals surface area contributed by atoms with Crippen LogP contribution in [0.15, 0.2) is 48.8 Å². The first kappa shape index (κ1) is 24.7. The summed E-state index contributed by atoms with van der Waals surface area (Å²) in [6, 6.07) is 17.1. The fourth-order valence-electron chi connectivity index (χ4n) is 5.17. The normalized spacial score (nSPS) is 19.1. The fourth-order valence-corrected chi connectivity index (χ4v) is 5.17. The number of benzene rings is 2. The van der Waals surface area contributed by atoms with Gasteiger partial charge in [0, 0.05) is 56.7 Å². The van der Waals surface area contributed by atoms with Gasteiger partial charge in [0.05, 0.1) is 38.0 Å². The molecule has 0 amide bonds. The summed E-state index contributed by atoms with van der Waals surface area (Å²) in [4.78, 5) is 18.4. The largest absolute Gasteiger partial charge is 0.489 e. The topological polar surface area (TPSA) is 96.6 Å². The Morgan fingerprint density at radius 1 is 0.947 bits per heavy atom. The monoisotopic (exact) mass is 512 g/mol. The lowest BCUT2D eigenvalue weighted by Crippen LogP contribution is -2.56. The smallest absolute Gasteiger partial charge is 0.163 e. The summed E-state index contributed by atoms with van der Waals surface area (Å²) in [5, 5.41) is 9.72. The molecule has 0 radical (unpaired) electrons. The van der Waals surface area contributed by atoms with Crippen LogP contribution < -0.4 is 9.64 Å². The lowest BCUT2D eigenvalue weighted by molar-refractivity contribution is -0.0660. The van der Waals surface area contributed by atoms with Crippen molar-refractivity contribution in [3.8, 4) is 23.2 Å². The zero-order chi connectivity index (χ0) is 25.7. The molecule has 1 aromatic heterocycles. The number of aromatic nitrogens is 3. The van der Waals surface area contributed by atoms with Gasteiger partial charge in [-0.2, -0.15) is 5.26 Å². The highest BCUT2D eigenvalue weighted by Gasteiger charge is 2.28. The van der Waals surface area contributed by atoms with E-state index in [1.807, 2.05) is 12.1 Å². The van der Waals surface area contributed by atoms with E-state index in [-0.39, 0.29) is 6.10 Å². The number of hydrogen-bond donors (Lipinski definition) is 0. The van der Waals surface area contributed by atoms with Crippen LogP contribution in [0.3, 0.4) is 0 Å². The van der Waals surface area contributed by atoms with Crippen molar-refractivity contribution >= 4 is 5.69 Å². The summed E-state index contributed by atoms with van der Waals surface area (Å²) in [6.45, 7) is 7.38. The molecule has 0 saturated carbocycles. The molecule has 4 heterocycles. The molecule has 3 aliphatic rings. The van der Waals surface area contributed by atoms with Gasteiger partial charge in [0.15, 0.2) is 5.82 Å². The van der Waals surface area contributed by atoms with Crippen molar-refractivity contribution in [2.75, 3.05) is 57.5 Å². The molecule has 9 nitrogen and oxygen atoms in total. The molecule has 3 fully saturated rings. The van der Waals surface area contributed by atoms with Crippen LogP contribution >= 0.6 is 0 Å². The summed E-state index contributed by atoms with van der Waals surface area (Å²) < 4.78 is 16.8. The third kappa shape index (κ3) is 5.63. The van der Waals surface area contributed by atoms with E-state index in [1.54, 1.807) is 6.07 Å². The van der Waals surface area contributed by atoms with Crippen LogP contribution in [0.4, 0.5) is 5.69 Å². The number of piperazine rings is 1. The van der Waals surface area contributed by atoms with Crippen LogP contribution in [0.2, 0.25) is 0 Å². The van der Waals surface area contributed by atoms with Crippen molar-refractivity contribution in [2.45, 2.75) is 31.4 Å². The van der Waals surface area contributed by atoms with Crippen LogP contribution in [0.1, 0.15) is 29.8 Å². The Kier molecular flexibility index (Phi) is 7.45. The Morgan fingerprint density at radius 3 is 2.45 bits per heavy atom. The van der Waals surface area contributed by atoms with E-state index in [1.165, 1.54) is 12.0 Å². The van der Waals surface area contributed by atoms with Gasteiger partial charge in [-0.25, -0.2) is 15.0 Å².